The Morgan fingerprint density at radius 3 is 2.43 bits per heavy atom. The van der Waals surface area contributed by atoms with Gasteiger partial charge in [-0.15, -0.1) is 0 Å². The van der Waals surface area contributed by atoms with Crippen molar-refractivity contribution in [3.63, 3.8) is 0 Å². The van der Waals surface area contributed by atoms with Crippen molar-refractivity contribution < 1.29 is 4.79 Å². The van der Waals surface area contributed by atoms with Gasteiger partial charge in [-0.25, -0.2) is 0 Å². The summed E-state index contributed by atoms with van der Waals surface area (Å²) in [6, 6.07) is 15.4. The number of halogens is 1. The highest BCUT2D eigenvalue weighted by atomic mass is 79.9. The van der Waals surface area contributed by atoms with Gasteiger partial charge in [-0.05, 0) is 49.5 Å². The number of amides is 1. The summed E-state index contributed by atoms with van der Waals surface area (Å²) in [5, 5.41) is 2.97. The minimum Gasteiger partial charge on any atom is -0.369 e. The molecule has 0 unspecified atom stereocenters. The van der Waals surface area contributed by atoms with E-state index in [1.165, 1.54) is 0 Å². The smallest absolute Gasteiger partial charge is 0.255 e. The van der Waals surface area contributed by atoms with Crippen molar-refractivity contribution >= 4 is 33.2 Å². The third kappa shape index (κ3) is 4.12. The highest BCUT2D eigenvalue weighted by Gasteiger charge is 2.14. The van der Waals surface area contributed by atoms with E-state index in [1.807, 2.05) is 42.5 Å². The van der Waals surface area contributed by atoms with Gasteiger partial charge in [0.1, 0.15) is 0 Å². The molecule has 23 heavy (non-hydrogen) atoms. The Morgan fingerprint density at radius 2 is 1.74 bits per heavy atom. The molecule has 0 radical (unpaired) electrons. The van der Waals surface area contributed by atoms with Gasteiger partial charge in [-0.2, -0.15) is 0 Å². The van der Waals surface area contributed by atoms with Gasteiger partial charge in [-0.1, -0.05) is 22.0 Å². The molecule has 1 saturated heterocycles. The summed E-state index contributed by atoms with van der Waals surface area (Å²) in [5.41, 5.74) is 2.64. The SMILES string of the molecule is CN1CCN(c2cccc(NC(=O)c3ccc(Br)cc3)c2)CC1. The fourth-order valence-electron chi connectivity index (χ4n) is 2.65. The van der Waals surface area contributed by atoms with E-state index < -0.39 is 0 Å². The second kappa shape index (κ2) is 7.15. The van der Waals surface area contributed by atoms with Crippen LogP contribution in [0.4, 0.5) is 11.4 Å². The van der Waals surface area contributed by atoms with Gasteiger partial charge in [-0.3, -0.25) is 4.79 Å². The summed E-state index contributed by atoms with van der Waals surface area (Å²) in [5.74, 6) is -0.0898. The molecule has 0 saturated carbocycles. The fourth-order valence-corrected chi connectivity index (χ4v) is 2.91. The number of likely N-dealkylation sites (N-methyl/N-ethyl adjacent to an activating group) is 1. The molecule has 1 fully saturated rings. The molecule has 1 N–H and O–H groups in total. The van der Waals surface area contributed by atoms with Crippen LogP contribution in [-0.4, -0.2) is 44.0 Å². The second-order valence-corrected chi connectivity index (χ2v) is 6.72. The van der Waals surface area contributed by atoms with Crippen LogP contribution in [0.25, 0.3) is 0 Å². The number of carbonyl (C=O) groups excluding carboxylic acids is 1. The molecule has 0 atom stereocenters. The van der Waals surface area contributed by atoms with E-state index in [2.05, 4.69) is 44.2 Å². The van der Waals surface area contributed by atoms with Gasteiger partial charge in [0.05, 0.1) is 0 Å². The molecule has 4 nitrogen and oxygen atoms in total. The van der Waals surface area contributed by atoms with Crippen molar-refractivity contribution in [3.8, 4) is 0 Å². The van der Waals surface area contributed by atoms with Crippen LogP contribution in [0.5, 0.6) is 0 Å². The number of anilines is 2. The first-order valence-corrected chi connectivity index (χ1v) is 8.51. The van der Waals surface area contributed by atoms with E-state index in [4.69, 9.17) is 0 Å². The molecule has 5 heteroatoms. The quantitative estimate of drug-likeness (QED) is 0.894. The van der Waals surface area contributed by atoms with Gasteiger partial charge in [0.25, 0.3) is 5.91 Å². The number of nitrogens with zero attached hydrogens (tertiary/aromatic N) is 2. The zero-order chi connectivity index (χ0) is 16.2. The monoisotopic (exact) mass is 373 g/mol. The van der Waals surface area contributed by atoms with Gasteiger partial charge in [0, 0.05) is 47.6 Å². The number of hydrogen-bond acceptors (Lipinski definition) is 3. The standard InChI is InChI=1S/C18H20BrN3O/c1-21-9-11-22(12-10-21)17-4-2-3-16(13-17)20-18(23)14-5-7-15(19)8-6-14/h2-8,13H,9-12H2,1H3,(H,20,23). The summed E-state index contributed by atoms with van der Waals surface area (Å²) in [7, 11) is 2.15. The maximum Gasteiger partial charge on any atom is 0.255 e. The first-order chi connectivity index (χ1) is 11.1. The lowest BCUT2D eigenvalue weighted by Crippen LogP contribution is -2.44. The van der Waals surface area contributed by atoms with Crippen molar-refractivity contribution in [2.24, 2.45) is 0 Å². The second-order valence-electron chi connectivity index (χ2n) is 5.80. The third-order valence-electron chi connectivity index (χ3n) is 4.08. The Hall–Kier alpha value is -1.85. The van der Waals surface area contributed by atoms with Crippen LogP contribution >= 0.6 is 15.9 Å². The lowest BCUT2D eigenvalue weighted by atomic mass is 10.2. The van der Waals surface area contributed by atoms with Crippen LogP contribution in [-0.2, 0) is 0 Å². The molecule has 1 amide bonds. The Bertz CT molecular complexity index is 679. The van der Waals surface area contributed by atoms with E-state index in [0.29, 0.717) is 5.56 Å². The fraction of sp³-hybridized carbons (Fsp3) is 0.278. The molecular formula is C18H20BrN3O. The first-order valence-electron chi connectivity index (χ1n) is 7.72. The zero-order valence-corrected chi connectivity index (χ0v) is 14.7. The Balaban J connectivity index is 1.70. The van der Waals surface area contributed by atoms with E-state index >= 15 is 0 Å². The number of hydrogen-bond donors (Lipinski definition) is 1. The lowest BCUT2D eigenvalue weighted by molar-refractivity contribution is 0.102. The van der Waals surface area contributed by atoms with Gasteiger partial charge in [0.2, 0.25) is 0 Å². The van der Waals surface area contributed by atoms with Crippen molar-refractivity contribution in [3.05, 3.63) is 58.6 Å². The van der Waals surface area contributed by atoms with Gasteiger partial charge >= 0.3 is 0 Å². The van der Waals surface area contributed by atoms with Crippen LogP contribution in [0, 0.1) is 0 Å². The molecule has 3 rings (SSSR count). The highest BCUT2D eigenvalue weighted by Crippen LogP contribution is 2.21. The third-order valence-corrected chi connectivity index (χ3v) is 4.61. The van der Waals surface area contributed by atoms with E-state index in [-0.39, 0.29) is 5.91 Å². The van der Waals surface area contributed by atoms with Gasteiger partial charge in [0.15, 0.2) is 0 Å². The van der Waals surface area contributed by atoms with Crippen LogP contribution < -0.4 is 10.2 Å². The summed E-state index contributed by atoms with van der Waals surface area (Å²) >= 11 is 3.38. The molecule has 1 aliphatic heterocycles. The number of benzene rings is 2. The summed E-state index contributed by atoms with van der Waals surface area (Å²) in [4.78, 5) is 17.0. The van der Waals surface area contributed by atoms with Crippen molar-refractivity contribution in [1.82, 2.24) is 4.90 Å². The molecule has 0 bridgehead atoms. The van der Waals surface area contributed by atoms with Crippen LogP contribution in [0.1, 0.15) is 10.4 Å². The molecule has 1 heterocycles. The Kier molecular flexibility index (Phi) is 4.98. The largest absolute Gasteiger partial charge is 0.369 e. The minimum atomic E-state index is -0.0898. The Labute approximate surface area is 145 Å². The first kappa shape index (κ1) is 16.0. The number of piperazine rings is 1. The molecule has 120 valence electrons. The van der Waals surface area contributed by atoms with Crippen LogP contribution in [0.15, 0.2) is 53.0 Å². The van der Waals surface area contributed by atoms with Crippen LogP contribution in [0.2, 0.25) is 0 Å². The maximum absolute atomic E-state index is 12.3. The average Bonchev–Trinajstić information content (AvgIpc) is 2.56. The van der Waals surface area contributed by atoms with E-state index in [0.717, 1.165) is 42.0 Å². The van der Waals surface area contributed by atoms with Crippen molar-refractivity contribution in [2.45, 2.75) is 0 Å². The predicted octanol–water partition coefficient (Wildman–Crippen LogP) is 3.45. The molecule has 2 aromatic rings. The minimum absolute atomic E-state index is 0.0898. The average molecular weight is 374 g/mol. The van der Waals surface area contributed by atoms with E-state index in [1.54, 1.807) is 0 Å². The van der Waals surface area contributed by atoms with Gasteiger partial charge < -0.3 is 15.1 Å². The number of rotatable bonds is 3. The molecular weight excluding hydrogens is 354 g/mol. The molecule has 1 aliphatic rings. The van der Waals surface area contributed by atoms with Crippen molar-refractivity contribution in [1.29, 1.82) is 0 Å². The molecule has 0 aliphatic carbocycles. The topological polar surface area (TPSA) is 35.6 Å². The number of nitrogens with one attached hydrogen (secondary N) is 1. The highest BCUT2D eigenvalue weighted by molar-refractivity contribution is 9.10. The maximum atomic E-state index is 12.3. The molecule has 2 aromatic carbocycles. The lowest BCUT2D eigenvalue weighted by Gasteiger charge is -2.34. The predicted molar refractivity (Wildman–Crippen MR) is 98.2 cm³/mol. The van der Waals surface area contributed by atoms with Crippen LogP contribution in [0.3, 0.4) is 0 Å². The van der Waals surface area contributed by atoms with Crippen molar-refractivity contribution in [2.75, 3.05) is 43.4 Å². The number of carbonyl (C=O) groups is 1. The van der Waals surface area contributed by atoms with E-state index in [9.17, 15) is 4.79 Å². The Morgan fingerprint density at radius 1 is 1.04 bits per heavy atom. The zero-order valence-electron chi connectivity index (χ0n) is 13.1. The molecule has 0 spiro atoms. The molecule has 0 aromatic heterocycles. The normalized spacial score (nSPS) is 15.5. The summed E-state index contributed by atoms with van der Waals surface area (Å²) in [6.07, 6.45) is 0. The summed E-state index contributed by atoms with van der Waals surface area (Å²) < 4.78 is 0.964. The summed E-state index contributed by atoms with van der Waals surface area (Å²) in [6.45, 7) is 4.16.